The summed E-state index contributed by atoms with van der Waals surface area (Å²) in [5.74, 6) is 0.408. The number of hydrogen-bond donors (Lipinski definition) is 0. The van der Waals surface area contributed by atoms with Crippen molar-refractivity contribution in [2.45, 2.75) is 38.0 Å². The number of piperazine rings is 1. The second-order valence-corrected chi connectivity index (χ2v) is 10.4. The van der Waals surface area contributed by atoms with E-state index in [1.807, 2.05) is 0 Å². The molecule has 216 valence electrons. The number of likely N-dealkylation sites (N-methyl/N-ethyl adjacent to an activating group) is 1. The number of carbonyl (C=O) groups is 1. The highest BCUT2D eigenvalue weighted by Gasteiger charge is 2.39. The molecule has 0 unspecified atom stereocenters. The van der Waals surface area contributed by atoms with E-state index in [1.54, 1.807) is 15.9 Å². The molecule has 0 N–H and O–H groups in total. The van der Waals surface area contributed by atoms with Gasteiger partial charge in [0.15, 0.2) is 0 Å². The largest absolute Gasteiger partial charge is 0.496 e. The summed E-state index contributed by atoms with van der Waals surface area (Å²) in [5.41, 5.74) is 0.816. The molecule has 5 rings (SSSR count). The molecular weight excluding hydrogens is 525 g/mol. The van der Waals surface area contributed by atoms with Crippen molar-refractivity contribution in [1.82, 2.24) is 19.8 Å². The summed E-state index contributed by atoms with van der Waals surface area (Å²) in [6.45, 7) is 7.76. The van der Waals surface area contributed by atoms with Gasteiger partial charge in [0.25, 0.3) is 0 Å². The van der Waals surface area contributed by atoms with Crippen LogP contribution in [0.5, 0.6) is 11.8 Å². The lowest BCUT2D eigenvalue weighted by atomic mass is 10.0. The number of carbonyl (C=O) groups excluding carboxylic acids is 1. The number of anilines is 2. The molecule has 1 amide bonds. The van der Waals surface area contributed by atoms with Crippen LogP contribution in [0.1, 0.15) is 29.7 Å². The molecule has 2 fully saturated rings. The Morgan fingerprint density at radius 2 is 1.90 bits per heavy atom. The Balaban J connectivity index is 1.46. The van der Waals surface area contributed by atoms with Crippen molar-refractivity contribution in [2.24, 2.45) is 0 Å². The van der Waals surface area contributed by atoms with Gasteiger partial charge < -0.3 is 29.1 Å². The molecule has 0 bridgehead atoms. The number of likely N-dealkylation sites (tertiary alicyclic amines) is 1. The van der Waals surface area contributed by atoms with E-state index in [4.69, 9.17) is 19.4 Å². The molecule has 9 nitrogen and oxygen atoms in total. The molecule has 4 heterocycles. The molecule has 0 spiro atoms. The summed E-state index contributed by atoms with van der Waals surface area (Å²) in [4.78, 5) is 29.4. The van der Waals surface area contributed by atoms with E-state index in [1.165, 1.54) is 25.3 Å². The van der Waals surface area contributed by atoms with Crippen LogP contribution in [-0.2, 0) is 23.9 Å². The molecule has 3 aliphatic heterocycles. The first kappa shape index (κ1) is 28.0. The minimum absolute atomic E-state index is 0.0595. The maximum Gasteiger partial charge on any atom is 0.421 e. The zero-order valence-electron chi connectivity index (χ0n) is 22.9. The second kappa shape index (κ2) is 11.5. The molecule has 12 heteroatoms. The lowest BCUT2D eigenvalue weighted by Gasteiger charge is -2.38. The molecule has 0 saturated carbocycles. The maximum atomic E-state index is 14.1. The monoisotopic (exact) mass is 560 g/mol. The Morgan fingerprint density at radius 1 is 1.12 bits per heavy atom. The molecule has 2 aromatic rings. The number of amides is 1. The molecule has 40 heavy (non-hydrogen) atoms. The van der Waals surface area contributed by atoms with Gasteiger partial charge in [-0.1, -0.05) is 12.6 Å². The molecule has 2 saturated heterocycles. The van der Waals surface area contributed by atoms with Crippen molar-refractivity contribution < 1.29 is 27.4 Å². The average Bonchev–Trinajstić information content (AvgIpc) is 3.38. The van der Waals surface area contributed by atoms with Gasteiger partial charge in [-0.2, -0.15) is 23.1 Å². The van der Waals surface area contributed by atoms with E-state index in [2.05, 4.69) is 23.4 Å². The van der Waals surface area contributed by atoms with Crippen LogP contribution >= 0.6 is 0 Å². The number of methoxy groups -OCH3 is 1. The number of rotatable bonds is 7. The number of alkyl halides is 3. The minimum atomic E-state index is -4.58. The second-order valence-electron chi connectivity index (χ2n) is 10.4. The van der Waals surface area contributed by atoms with Gasteiger partial charge in [0.2, 0.25) is 5.91 Å². The Bertz CT molecular complexity index is 1250. The predicted molar refractivity (Wildman–Crippen MR) is 145 cm³/mol. The van der Waals surface area contributed by atoms with Crippen LogP contribution in [0.25, 0.3) is 0 Å². The smallest absolute Gasteiger partial charge is 0.421 e. The average molecular weight is 561 g/mol. The van der Waals surface area contributed by atoms with Crippen LogP contribution in [0.3, 0.4) is 0 Å². The molecular formula is C28H35F3N6O3. The van der Waals surface area contributed by atoms with Crippen LogP contribution < -0.4 is 19.3 Å². The van der Waals surface area contributed by atoms with Gasteiger partial charge in [-0.25, -0.2) is 0 Å². The summed E-state index contributed by atoms with van der Waals surface area (Å²) in [6.07, 6.45) is -0.667. The quantitative estimate of drug-likeness (QED) is 0.478. The minimum Gasteiger partial charge on any atom is -0.496 e. The zero-order chi connectivity index (χ0) is 28.4. The predicted octanol–water partition coefficient (Wildman–Crippen LogP) is 3.37. The fourth-order valence-electron chi connectivity index (χ4n) is 5.79. The van der Waals surface area contributed by atoms with Crippen LogP contribution in [0.4, 0.5) is 24.7 Å². The number of aromatic nitrogens is 2. The van der Waals surface area contributed by atoms with Crippen LogP contribution in [0.2, 0.25) is 0 Å². The molecule has 1 aromatic carbocycles. The number of hydrogen-bond acceptors (Lipinski definition) is 8. The van der Waals surface area contributed by atoms with Crippen molar-refractivity contribution >= 4 is 17.4 Å². The van der Waals surface area contributed by atoms with E-state index < -0.39 is 11.7 Å². The Hall–Kier alpha value is -3.54. The summed E-state index contributed by atoms with van der Waals surface area (Å²) >= 11 is 0. The van der Waals surface area contributed by atoms with Gasteiger partial charge in [0.05, 0.1) is 25.0 Å². The van der Waals surface area contributed by atoms with E-state index in [-0.39, 0.29) is 35.9 Å². The standard InChI is InChI=1S/C28H35F3N6O3/c1-4-24(38)35-13-15-36(16-14-35)26-20-10-12-37(22-8-5-9-23(39-3)25(22)28(29,30)31)17-21(20)32-27(33-26)40-18-19-7-6-11-34(19)2/h4-5,8-9,19H,1,6-7,10-18H2,2-3H3/t19-/m0/s1. The number of halogens is 3. The van der Waals surface area contributed by atoms with Gasteiger partial charge in [-0.3, -0.25) is 4.79 Å². The lowest BCUT2D eigenvalue weighted by Crippen LogP contribution is -2.49. The van der Waals surface area contributed by atoms with Gasteiger partial charge in [-0.15, -0.1) is 0 Å². The first-order valence-corrected chi connectivity index (χ1v) is 13.6. The third-order valence-electron chi connectivity index (χ3n) is 8.01. The summed E-state index contributed by atoms with van der Waals surface area (Å²) in [5, 5.41) is 0. The van der Waals surface area contributed by atoms with Gasteiger partial charge in [0.1, 0.15) is 23.7 Å². The first-order chi connectivity index (χ1) is 19.2. The van der Waals surface area contributed by atoms with E-state index in [0.29, 0.717) is 51.4 Å². The zero-order valence-corrected chi connectivity index (χ0v) is 22.9. The normalized spacial score (nSPS) is 19.9. The van der Waals surface area contributed by atoms with Gasteiger partial charge in [0, 0.05) is 44.3 Å². The summed E-state index contributed by atoms with van der Waals surface area (Å²) < 4.78 is 53.5. The topological polar surface area (TPSA) is 74.3 Å². The van der Waals surface area contributed by atoms with Gasteiger partial charge >= 0.3 is 12.2 Å². The van der Waals surface area contributed by atoms with Crippen molar-refractivity contribution in [1.29, 1.82) is 0 Å². The first-order valence-electron chi connectivity index (χ1n) is 13.6. The van der Waals surface area contributed by atoms with E-state index >= 15 is 0 Å². The van der Waals surface area contributed by atoms with Crippen molar-refractivity contribution in [2.75, 3.05) is 69.8 Å². The Labute approximate surface area is 232 Å². The molecule has 0 radical (unpaired) electrons. The number of nitrogens with zero attached hydrogens (tertiary/aromatic N) is 6. The molecule has 0 aliphatic carbocycles. The molecule has 1 atom stereocenters. The van der Waals surface area contributed by atoms with Crippen LogP contribution in [0, 0.1) is 0 Å². The van der Waals surface area contributed by atoms with Crippen LogP contribution in [0.15, 0.2) is 30.9 Å². The Morgan fingerprint density at radius 3 is 2.55 bits per heavy atom. The third-order valence-corrected chi connectivity index (χ3v) is 8.01. The highest BCUT2D eigenvalue weighted by atomic mass is 19.4. The van der Waals surface area contributed by atoms with Crippen molar-refractivity contribution in [3.8, 4) is 11.8 Å². The summed E-state index contributed by atoms with van der Waals surface area (Å²) in [7, 11) is 3.31. The summed E-state index contributed by atoms with van der Waals surface area (Å²) in [6, 6.07) is 4.86. The molecule has 3 aliphatic rings. The highest BCUT2D eigenvalue weighted by molar-refractivity contribution is 5.87. The van der Waals surface area contributed by atoms with E-state index in [9.17, 15) is 18.0 Å². The fraction of sp³-hybridized carbons (Fsp3) is 0.536. The SMILES string of the molecule is C=CC(=O)N1CCN(c2nc(OC[C@@H]3CCCN3C)nc3c2CCN(c2cccc(OC)c2C(F)(F)F)C3)CC1. The number of benzene rings is 1. The van der Waals surface area contributed by atoms with Gasteiger partial charge in [-0.05, 0) is 51.1 Å². The highest BCUT2D eigenvalue weighted by Crippen LogP contribution is 2.44. The maximum absolute atomic E-state index is 14.1. The fourth-order valence-corrected chi connectivity index (χ4v) is 5.79. The van der Waals surface area contributed by atoms with Crippen molar-refractivity contribution in [3.05, 3.63) is 47.7 Å². The number of ether oxygens (including phenoxy) is 2. The third kappa shape index (κ3) is 5.67. The van der Waals surface area contributed by atoms with Crippen LogP contribution in [-0.4, -0.2) is 91.7 Å². The van der Waals surface area contributed by atoms with E-state index in [0.717, 1.165) is 30.8 Å². The Kier molecular flexibility index (Phi) is 8.07. The number of fused-ring (bicyclic) bond motifs is 1. The van der Waals surface area contributed by atoms with Crippen molar-refractivity contribution in [3.63, 3.8) is 0 Å². The molecule has 1 aromatic heterocycles. The lowest BCUT2D eigenvalue weighted by molar-refractivity contribution is -0.138.